The number of benzene rings is 1. The molecule has 1 fully saturated rings. The molecule has 1 atom stereocenters. The van der Waals surface area contributed by atoms with Crippen molar-refractivity contribution in [3.63, 3.8) is 0 Å². The lowest BCUT2D eigenvalue weighted by molar-refractivity contribution is -0.120. The van der Waals surface area contributed by atoms with Crippen LogP contribution in [0, 0.1) is 0 Å². The quantitative estimate of drug-likeness (QED) is 0.863. The fraction of sp³-hybridized carbons (Fsp3) is 0.462. The Morgan fingerprint density at radius 2 is 2.35 bits per heavy atom. The zero-order valence-electron chi connectivity index (χ0n) is 10.1. The molecule has 1 aliphatic rings. The molecule has 2 N–H and O–H groups in total. The van der Waals surface area contributed by atoms with Crippen molar-refractivity contribution < 1.29 is 9.53 Å². The number of carbonyl (C=O) groups is 1. The predicted molar refractivity (Wildman–Crippen MR) is 67.2 cm³/mol. The summed E-state index contributed by atoms with van der Waals surface area (Å²) in [6, 6.07) is 7.23. The van der Waals surface area contributed by atoms with Crippen LogP contribution in [0.25, 0.3) is 0 Å². The standard InChI is InChI=1S/C13H18N2O2/c1-2-17-11-6-3-5-10(9-11)15-8-4-7-12(14)13(15)16/h3,5-6,9,12H,2,4,7-8,14H2,1H3. The third kappa shape index (κ3) is 2.58. The van der Waals surface area contributed by atoms with Crippen LogP contribution in [0.5, 0.6) is 5.75 Å². The Hall–Kier alpha value is -1.55. The minimum absolute atomic E-state index is 0.00454. The van der Waals surface area contributed by atoms with E-state index in [0.717, 1.165) is 30.8 Å². The van der Waals surface area contributed by atoms with E-state index in [1.807, 2.05) is 31.2 Å². The fourth-order valence-electron chi connectivity index (χ4n) is 2.07. The molecular weight excluding hydrogens is 216 g/mol. The van der Waals surface area contributed by atoms with Crippen molar-refractivity contribution in [1.82, 2.24) is 0 Å². The van der Waals surface area contributed by atoms with Crippen molar-refractivity contribution >= 4 is 11.6 Å². The second-order valence-corrected chi connectivity index (χ2v) is 4.17. The van der Waals surface area contributed by atoms with Crippen LogP contribution in [-0.2, 0) is 4.79 Å². The van der Waals surface area contributed by atoms with Gasteiger partial charge in [-0.3, -0.25) is 4.79 Å². The highest BCUT2D eigenvalue weighted by atomic mass is 16.5. The van der Waals surface area contributed by atoms with Crippen LogP contribution in [0.3, 0.4) is 0 Å². The molecule has 0 bridgehead atoms. The van der Waals surface area contributed by atoms with Crippen molar-refractivity contribution in [2.45, 2.75) is 25.8 Å². The largest absolute Gasteiger partial charge is 0.494 e. The minimum Gasteiger partial charge on any atom is -0.494 e. The average molecular weight is 234 g/mol. The van der Waals surface area contributed by atoms with Crippen molar-refractivity contribution in [2.75, 3.05) is 18.1 Å². The lowest BCUT2D eigenvalue weighted by Crippen LogP contribution is -2.48. The molecule has 17 heavy (non-hydrogen) atoms. The fourth-order valence-corrected chi connectivity index (χ4v) is 2.07. The Labute approximate surface area is 101 Å². The van der Waals surface area contributed by atoms with Gasteiger partial charge in [-0.05, 0) is 31.9 Å². The Morgan fingerprint density at radius 1 is 1.53 bits per heavy atom. The number of nitrogens with two attached hydrogens (primary N) is 1. The number of hydrogen-bond acceptors (Lipinski definition) is 3. The van der Waals surface area contributed by atoms with Gasteiger partial charge >= 0.3 is 0 Å². The molecule has 1 heterocycles. The zero-order valence-corrected chi connectivity index (χ0v) is 10.1. The molecule has 92 valence electrons. The maximum atomic E-state index is 12.0. The van der Waals surface area contributed by atoms with E-state index >= 15 is 0 Å². The van der Waals surface area contributed by atoms with Crippen LogP contribution in [0.4, 0.5) is 5.69 Å². The smallest absolute Gasteiger partial charge is 0.243 e. The lowest BCUT2D eigenvalue weighted by Gasteiger charge is -2.30. The third-order valence-corrected chi connectivity index (χ3v) is 2.92. The number of anilines is 1. The molecule has 4 heteroatoms. The summed E-state index contributed by atoms with van der Waals surface area (Å²) in [6.45, 7) is 3.30. The first-order chi connectivity index (χ1) is 8.22. The lowest BCUT2D eigenvalue weighted by atomic mass is 10.0. The first-order valence-corrected chi connectivity index (χ1v) is 6.02. The highest BCUT2D eigenvalue weighted by Crippen LogP contribution is 2.24. The Balaban J connectivity index is 2.20. The minimum atomic E-state index is -0.362. The second kappa shape index (κ2) is 5.19. The van der Waals surface area contributed by atoms with E-state index < -0.39 is 0 Å². The van der Waals surface area contributed by atoms with Gasteiger partial charge < -0.3 is 15.4 Å². The summed E-state index contributed by atoms with van der Waals surface area (Å²) in [7, 11) is 0. The second-order valence-electron chi connectivity index (χ2n) is 4.17. The number of carbonyl (C=O) groups excluding carboxylic acids is 1. The van der Waals surface area contributed by atoms with E-state index in [1.54, 1.807) is 4.90 Å². The molecule has 1 amide bonds. The average Bonchev–Trinajstić information content (AvgIpc) is 2.33. The number of ether oxygens (including phenoxy) is 1. The van der Waals surface area contributed by atoms with Crippen LogP contribution in [0.1, 0.15) is 19.8 Å². The molecule has 1 aromatic carbocycles. The van der Waals surface area contributed by atoms with Gasteiger partial charge in [-0.2, -0.15) is 0 Å². The maximum absolute atomic E-state index is 12.0. The molecule has 1 aromatic rings. The van der Waals surface area contributed by atoms with Crippen molar-refractivity contribution in [1.29, 1.82) is 0 Å². The topological polar surface area (TPSA) is 55.6 Å². The van der Waals surface area contributed by atoms with Gasteiger partial charge in [0.1, 0.15) is 5.75 Å². The molecule has 1 saturated heterocycles. The number of rotatable bonds is 3. The normalized spacial score (nSPS) is 20.5. The van der Waals surface area contributed by atoms with Crippen molar-refractivity contribution in [2.24, 2.45) is 5.73 Å². The Kier molecular flexibility index (Phi) is 3.64. The summed E-state index contributed by atoms with van der Waals surface area (Å²) >= 11 is 0. The molecule has 0 spiro atoms. The molecule has 4 nitrogen and oxygen atoms in total. The van der Waals surface area contributed by atoms with Crippen LogP contribution in [-0.4, -0.2) is 25.1 Å². The van der Waals surface area contributed by atoms with E-state index in [0.29, 0.717) is 6.61 Å². The van der Waals surface area contributed by atoms with Gasteiger partial charge in [0.05, 0.1) is 12.6 Å². The van der Waals surface area contributed by atoms with Crippen molar-refractivity contribution in [3.05, 3.63) is 24.3 Å². The van der Waals surface area contributed by atoms with Crippen LogP contribution in [0.2, 0.25) is 0 Å². The molecule has 1 unspecified atom stereocenters. The van der Waals surface area contributed by atoms with Gasteiger partial charge in [-0.1, -0.05) is 6.07 Å². The number of piperidine rings is 1. The molecule has 2 rings (SSSR count). The first-order valence-electron chi connectivity index (χ1n) is 6.02. The predicted octanol–water partition coefficient (Wildman–Crippen LogP) is 1.54. The maximum Gasteiger partial charge on any atom is 0.243 e. The molecular formula is C13H18N2O2. The van der Waals surface area contributed by atoms with E-state index in [-0.39, 0.29) is 11.9 Å². The SMILES string of the molecule is CCOc1cccc(N2CCCC(N)C2=O)c1. The molecule has 0 aliphatic carbocycles. The number of nitrogens with zero attached hydrogens (tertiary/aromatic N) is 1. The highest BCUT2D eigenvalue weighted by molar-refractivity contribution is 5.97. The summed E-state index contributed by atoms with van der Waals surface area (Å²) in [6.07, 6.45) is 1.73. The molecule has 0 radical (unpaired) electrons. The summed E-state index contributed by atoms with van der Waals surface area (Å²) in [4.78, 5) is 13.7. The van der Waals surface area contributed by atoms with Crippen LogP contribution < -0.4 is 15.4 Å². The highest BCUT2D eigenvalue weighted by Gasteiger charge is 2.26. The Morgan fingerprint density at radius 3 is 3.12 bits per heavy atom. The first kappa shape index (κ1) is 11.9. The molecule has 0 saturated carbocycles. The Bertz CT molecular complexity index is 406. The van der Waals surface area contributed by atoms with Crippen LogP contribution in [0.15, 0.2) is 24.3 Å². The van der Waals surface area contributed by atoms with Gasteiger partial charge in [-0.15, -0.1) is 0 Å². The monoisotopic (exact) mass is 234 g/mol. The summed E-state index contributed by atoms with van der Waals surface area (Å²) in [5, 5.41) is 0. The van der Waals surface area contributed by atoms with Crippen LogP contribution >= 0.6 is 0 Å². The van der Waals surface area contributed by atoms with Gasteiger partial charge in [0.2, 0.25) is 5.91 Å². The summed E-state index contributed by atoms with van der Waals surface area (Å²) < 4.78 is 5.43. The van der Waals surface area contributed by atoms with Gasteiger partial charge in [-0.25, -0.2) is 0 Å². The number of hydrogen-bond donors (Lipinski definition) is 1. The van der Waals surface area contributed by atoms with Crippen molar-refractivity contribution in [3.8, 4) is 5.75 Å². The van der Waals surface area contributed by atoms with E-state index in [4.69, 9.17) is 10.5 Å². The zero-order chi connectivity index (χ0) is 12.3. The van der Waals surface area contributed by atoms with E-state index in [9.17, 15) is 4.79 Å². The molecule has 1 aliphatic heterocycles. The van der Waals surface area contributed by atoms with Gasteiger partial charge in [0.15, 0.2) is 0 Å². The third-order valence-electron chi connectivity index (χ3n) is 2.92. The molecule has 0 aromatic heterocycles. The number of amides is 1. The van der Waals surface area contributed by atoms with E-state index in [2.05, 4.69) is 0 Å². The summed E-state index contributed by atoms with van der Waals surface area (Å²) in [5.74, 6) is 0.793. The van der Waals surface area contributed by atoms with Gasteiger partial charge in [0.25, 0.3) is 0 Å². The summed E-state index contributed by atoms with van der Waals surface area (Å²) in [5.41, 5.74) is 6.65. The van der Waals surface area contributed by atoms with E-state index in [1.165, 1.54) is 0 Å². The van der Waals surface area contributed by atoms with Gasteiger partial charge in [0, 0.05) is 18.3 Å².